The van der Waals surface area contributed by atoms with Crippen LogP contribution in [-0.4, -0.2) is 35.2 Å². The van der Waals surface area contributed by atoms with Crippen LogP contribution in [0.2, 0.25) is 0 Å². The summed E-state index contributed by atoms with van der Waals surface area (Å²) in [7, 11) is 3.03. The Hall–Kier alpha value is -1.59. The minimum atomic E-state index is 0.267. The van der Waals surface area contributed by atoms with Gasteiger partial charge in [-0.25, -0.2) is 0 Å². The zero-order valence-corrected chi connectivity index (χ0v) is 8.86. The molecule has 6 heteroatoms. The van der Waals surface area contributed by atoms with Crippen LogP contribution in [0.3, 0.4) is 0 Å². The summed E-state index contributed by atoms with van der Waals surface area (Å²) in [4.78, 5) is 12.1. The van der Waals surface area contributed by atoms with E-state index in [1.807, 2.05) is 0 Å². The van der Waals surface area contributed by atoms with Crippen molar-refractivity contribution in [3.8, 4) is 12.0 Å². The van der Waals surface area contributed by atoms with Gasteiger partial charge in [-0.3, -0.25) is 0 Å². The zero-order chi connectivity index (χ0) is 10.7. The molecule has 1 aromatic rings. The minimum absolute atomic E-state index is 0.267. The van der Waals surface area contributed by atoms with E-state index < -0.39 is 0 Å². The van der Waals surface area contributed by atoms with E-state index in [2.05, 4.69) is 20.3 Å². The Morgan fingerprint density at radius 3 is 2.07 bits per heavy atom. The van der Waals surface area contributed by atoms with E-state index >= 15 is 0 Å². The van der Waals surface area contributed by atoms with E-state index in [0.29, 0.717) is 12.0 Å². The number of rotatable bonds is 4. The lowest BCUT2D eigenvalue weighted by Crippen LogP contribution is -2.28. The molecule has 2 rings (SSSR count). The van der Waals surface area contributed by atoms with Gasteiger partial charge in [0.2, 0.25) is 5.95 Å². The molecule has 1 aliphatic carbocycles. The van der Waals surface area contributed by atoms with Gasteiger partial charge in [-0.05, 0) is 19.3 Å². The second-order valence-corrected chi connectivity index (χ2v) is 3.40. The highest BCUT2D eigenvalue weighted by Crippen LogP contribution is 2.22. The van der Waals surface area contributed by atoms with Gasteiger partial charge >= 0.3 is 12.0 Å². The lowest BCUT2D eigenvalue weighted by molar-refractivity contribution is 0.339. The molecule has 15 heavy (non-hydrogen) atoms. The van der Waals surface area contributed by atoms with Crippen LogP contribution in [-0.2, 0) is 0 Å². The number of hydrogen-bond acceptors (Lipinski definition) is 6. The second kappa shape index (κ2) is 4.29. The average Bonchev–Trinajstić information content (AvgIpc) is 2.23. The van der Waals surface area contributed by atoms with Crippen molar-refractivity contribution >= 4 is 5.95 Å². The Morgan fingerprint density at radius 1 is 1.07 bits per heavy atom. The smallest absolute Gasteiger partial charge is 0.324 e. The Kier molecular flexibility index (Phi) is 2.84. The molecular weight excluding hydrogens is 196 g/mol. The Bertz CT molecular complexity index is 319. The third kappa shape index (κ3) is 2.26. The van der Waals surface area contributed by atoms with Gasteiger partial charge in [-0.2, -0.15) is 9.97 Å². The number of anilines is 1. The minimum Gasteiger partial charge on any atom is -0.467 e. The van der Waals surface area contributed by atoms with E-state index in [-0.39, 0.29) is 12.0 Å². The number of aromatic nitrogens is 3. The lowest BCUT2D eigenvalue weighted by Gasteiger charge is -2.26. The van der Waals surface area contributed by atoms with E-state index in [4.69, 9.17) is 9.47 Å². The number of ether oxygens (including phenoxy) is 2. The molecule has 0 saturated heterocycles. The van der Waals surface area contributed by atoms with Crippen molar-refractivity contribution in [3.05, 3.63) is 0 Å². The van der Waals surface area contributed by atoms with Gasteiger partial charge in [0, 0.05) is 6.04 Å². The maximum absolute atomic E-state index is 4.95. The maximum atomic E-state index is 4.95. The van der Waals surface area contributed by atoms with Gasteiger partial charge < -0.3 is 14.8 Å². The molecule has 0 amide bonds. The van der Waals surface area contributed by atoms with E-state index in [9.17, 15) is 0 Å². The van der Waals surface area contributed by atoms with Gasteiger partial charge in [0.05, 0.1) is 14.2 Å². The highest BCUT2D eigenvalue weighted by molar-refractivity contribution is 5.29. The van der Waals surface area contributed by atoms with Crippen LogP contribution in [0.1, 0.15) is 19.3 Å². The summed E-state index contributed by atoms with van der Waals surface area (Å²) in [5.41, 5.74) is 0. The first-order chi connectivity index (χ1) is 7.31. The molecule has 1 aliphatic rings. The van der Waals surface area contributed by atoms with Crippen molar-refractivity contribution in [2.24, 2.45) is 0 Å². The quantitative estimate of drug-likeness (QED) is 0.794. The van der Waals surface area contributed by atoms with Gasteiger partial charge in [-0.15, -0.1) is 4.98 Å². The van der Waals surface area contributed by atoms with Crippen LogP contribution in [0.25, 0.3) is 0 Å². The molecule has 1 N–H and O–H groups in total. The first-order valence-corrected chi connectivity index (χ1v) is 4.92. The standard InChI is InChI=1S/C9H14N4O2/c1-14-8-11-7(10-6-4-3-5-6)12-9(13-8)15-2/h6H,3-5H2,1-2H3,(H,10,11,12,13). The Balaban J connectivity index is 2.13. The van der Waals surface area contributed by atoms with Crippen molar-refractivity contribution < 1.29 is 9.47 Å². The highest BCUT2D eigenvalue weighted by atomic mass is 16.5. The van der Waals surface area contributed by atoms with Gasteiger partial charge in [-0.1, -0.05) is 0 Å². The Labute approximate surface area is 88.1 Å². The van der Waals surface area contributed by atoms with Crippen LogP contribution < -0.4 is 14.8 Å². The molecule has 1 aromatic heterocycles. The summed E-state index contributed by atoms with van der Waals surface area (Å²) in [6.45, 7) is 0. The number of methoxy groups -OCH3 is 2. The molecule has 0 bridgehead atoms. The molecule has 1 saturated carbocycles. The third-order valence-electron chi connectivity index (χ3n) is 2.40. The third-order valence-corrected chi connectivity index (χ3v) is 2.40. The first-order valence-electron chi connectivity index (χ1n) is 4.92. The monoisotopic (exact) mass is 210 g/mol. The van der Waals surface area contributed by atoms with Crippen LogP contribution in [0, 0.1) is 0 Å². The van der Waals surface area contributed by atoms with Crippen LogP contribution >= 0.6 is 0 Å². The summed E-state index contributed by atoms with van der Waals surface area (Å²) < 4.78 is 9.90. The van der Waals surface area contributed by atoms with Crippen LogP contribution in [0.5, 0.6) is 12.0 Å². The molecule has 0 atom stereocenters. The molecule has 0 aliphatic heterocycles. The fourth-order valence-corrected chi connectivity index (χ4v) is 1.32. The molecule has 1 fully saturated rings. The Morgan fingerprint density at radius 2 is 1.67 bits per heavy atom. The first kappa shape index (κ1) is 9.95. The van der Waals surface area contributed by atoms with Crippen molar-refractivity contribution in [3.63, 3.8) is 0 Å². The van der Waals surface area contributed by atoms with Crippen LogP contribution in [0.4, 0.5) is 5.95 Å². The molecule has 1 heterocycles. The topological polar surface area (TPSA) is 69.2 Å². The molecule has 6 nitrogen and oxygen atoms in total. The average molecular weight is 210 g/mol. The van der Waals surface area contributed by atoms with Gasteiger partial charge in [0.15, 0.2) is 0 Å². The van der Waals surface area contributed by atoms with Crippen LogP contribution in [0.15, 0.2) is 0 Å². The molecule has 0 aromatic carbocycles. The molecule has 0 spiro atoms. The number of hydrogen-bond donors (Lipinski definition) is 1. The number of nitrogens with zero attached hydrogens (tertiary/aromatic N) is 3. The largest absolute Gasteiger partial charge is 0.467 e. The number of nitrogens with one attached hydrogen (secondary N) is 1. The molecule has 0 unspecified atom stereocenters. The van der Waals surface area contributed by atoms with Crippen molar-refractivity contribution in [1.29, 1.82) is 0 Å². The predicted octanol–water partition coefficient (Wildman–Crippen LogP) is 0.853. The normalized spacial score (nSPS) is 15.6. The summed E-state index contributed by atoms with van der Waals surface area (Å²) in [5.74, 6) is 0.517. The van der Waals surface area contributed by atoms with Gasteiger partial charge in [0.25, 0.3) is 0 Å². The molecular formula is C9H14N4O2. The summed E-state index contributed by atoms with van der Waals surface area (Å²) in [6.07, 6.45) is 3.59. The summed E-state index contributed by atoms with van der Waals surface area (Å²) in [6, 6.07) is 1.01. The fraction of sp³-hybridized carbons (Fsp3) is 0.667. The van der Waals surface area contributed by atoms with E-state index in [1.165, 1.54) is 20.6 Å². The molecule has 0 radical (unpaired) electrons. The summed E-state index contributed by atoms with van der Waals surface area (Å²) >= 11 is 0. The van der Waals surface area contributed by atoms with Gasteiger partial charge in [0.1, 0.15) is 0 Å². The second-order valence-electron chi connectivity index (χ2n) is 3.40. The van der Waals surface area contributed by atoms with Crippen molar-refractivity contribution in [2.45, 2.75) is 25.3 Å². The maximum Gasteiger partial charge on any atom is 0.324 e. The summed E-state index contributed by atoms with van der Waals surface area (Å²) in [5, 5.41) is 3.21. The van der Waals surface area contributed by atoms with Crippen molar-refractivity contribution in [2.75, 3.05) is 19.5 Å². The predicted molar refractivity (Wildman–Crippen MR) is 54.2 cm³/mol. The zero-order valence-electron chi connectivity index (χ0n) is 8.86. The molecule has 82 valence electrons. The lowest BCUT2D eigenvalue weighted by atomic mass is 9.93. The SMILES string of the molecule is COc1nc(NC2CCC2)nc(OC)n1. The fourth-order valence-electron chi connectivity index (χ4n) is 1.32. The van der Waals surface area contributed by atoms with E-state index in [0.717, 1.165) is 12.8 Å². The highest BCUT2D eigenvalue weighted by Gasteiger charge is 2.19. The van der Waals surface area contributed by atoms with Crippen molar-refractivity contribution in [1.82, 2.24) is 15.0 Å². The van der Waals surface area contributed by atoms with E-state index in [1.54, 1.807) is 0 Å².